The first-order valence-corrected chi connectivity index (χ1v) is 9.76. The highest BCUT2D eigenvalue weighted by atomic mass is 32.2. The Morgan fingerprint density at radius 1 is 1.43 bits per heavy atom. The molecule has 23 heavy (non-hydrogen) atoms. The molecule has 4 nitrogen and oxygen atoms in total. The molecule has 2 aliphatic heterocycles. The fourth-order valence-electron chi connectivity index (χ4n) is 3.33. The lowest BCUT2D eigenvalue weighted by Gasteiger charge is -2.34. The van der Waals surface area contributed by atoms with Crippen LogP contribution in [0.4, 0.5) is 0 Å². The fourth-order valence-corrected chi connectivity index (χ4v) is 4.28. The summed E-state index contributed by atoms with van der Waals surface area (Å²) in [4.78, 5) is 14.6. The van der Waals surface area contributed by atoms with Crippen molar-refractivity contribution in [3.05, 3.63) is 35.4 Å². The van der Waals surface area contributed by atoms with Gasteiger partial charge in [-0.05, 0) is 24.5 Å². The molecule has 0 saturated carbocycles. The number of nitrogens with one attached hydrogen (secondary N) is 2. The van der Waals surface area contributed by atoms with E-state index in [1.54, 1.807) is 0 Å². The largest absolute Gasteiger partial charge is 0.354 e. The molecule has 1 fully saturated rings. The summed E-state index contributed by atoms with van der Waals surface area (Å²) in [6.07, 6.45) is 1.71. The molecule has 2 heterocycles. The van der Waals surface area contributed by atoms with E-state index in [1.807, 2.05) is 11.8 Å². The van der Waals surface area contributed by atoms with E-state index in [2.05, 4.69) is 46.7 Å². The van der Waals surface area contributed by atoms with Crippen LogP contribution < -0.4 is 10.6 Å². The topological polar surface area (TPSA) is 44.4 Å². The van der Waals surface area contributed by atoms with Crippen LogP contribution in [0.5, 0.6) is 0 Å². The highest BCUT2D eigenvalue weighted by molar-refractivity contribution is 7.99. The molecule has 1 amide bonds. The molecule has 0 spiro atoms. The van der Waals surface area contributed by atoms with Crippen molar-refractivity contribution in [1.29, 1.82) is 0 Å². The molecule has 0 aromatic heterocycles. The van der Waals surface area contributed by atoms with Gasteiger partial charge in [0, 0.05) is 56.2 Å². The van der Waals surface area contributed by atoms with E-state index >= 15 is 0 Å². The van der Waals surface area contributed by atoms with Crippen LogP contribution in [0, 0.1) is 0 Å². The Kier molecular flexibility index (Phi) is 5.97. The summed E-state index contributed by atoms with van der Waals surface area (Å²) in [6.45, 7) is 6.04. The molecule has 0 radical (unpaired) electrons. The lowest BCUT2D eigenvalue weighted by Crippen LogP contribution is -2.46. The van der Waals surface area contributed by atoms with Gasteiger partial charge in [-0.1, -0.05) is 24.3 Å². The van der Waals surface area contributed by atoms with Gasteiger partial charge in [-0.15, -0.1) is 0 Å². The van der Waals surface area contributed by atoms with Crippen molar-refractivity contribution in [3.8, 4) is 0 Å². The smallest absolute Gasteiger partial charge is 0.221 e. The Balaban J connectivity index is 1.42. The second-order valence-corrected chi connectivity index (χ2v) is 7.72. The van der Waals surface area contributed by atoms with Crippen LogP contribution in [0.1, 0.15) is 24.5 Å². The molecule has 1 saturated heterocycles. The monoisotopic (exact) mass is 333 g/mol. The van der Waals surface area contributed by atoms with Crippen molar-refractivity contribution in [3.63, 3.8) is 0 Å². The van der Waals surface area contributed by atoms with Gasteiger partial charge in [0.05, 0.1) is 0 Å². The molecule has 2 N–H and O–H groups in total. The Hall–Kier alpha value is -1.04. The number of amides is 1. The Morgan fingerprint density at radius 3 is 3.04 bits per heavy atom. The van der Waals surface area contributed by atoms with Crippen molar-refractivity contribution in [2.45, 2.75) is 38.4 Å². The van der Waals surface area contributed by atoms with Crippen LogP contribution in [0.25, 0.3) is 0 Å². The van der Waals surface area contributed by atoms with Gasteiger partial charge in [-0.3, -0.25) is 9.69 Å². The third-order valence-corrected chi connectivity index (χ3v) is 5.94. The first-order chi connectivity index (χ1) is 11.2. The molecular formula is C18H27N3OS. The molecular weight excluding hydrogens is 306 g/mol. The van der Waals surface area contributed by atoms with Gasteiger partial charge in [0.25, 0.3) is 0 Å². The molecule has 0 bridgehead atoms. The summed E-state index contributed by atoms with van der Waals surface area (Å²) < 4.78 is 0. The lowest BCUT2D eigenvalue weighted by molar-refractivity contribution is -0.121. The van der Waals surface area contributed by atoms with Crippen LogP contribution >= 0.6 is 11.8 Å². The number of nitrogens with zero attached hydrogens (tertiary/aromatic N) is 1. The quantitative estimate of drug-likeness (QED) is 0.860. The Morgan fingerprint density at radius 2 is 2.26 bits per heavy atom. The molecule has 1 aromatic carbocycles. The van der Waals surface area contributed by atoms with Gasteiger partial charge in [-0.25, -0.2) is 0 Å². The summed E-state index contributed by atoms with van der Waals surface area (Å²) in [6, 6.07) is 9.40. The number of thioether (sulfide) groups is 1. The van der Waals surface area contributed by atoms with E-state index < -0.39 is 0 Å². The summed E-state index contributed by atoms with van der Waals surface area (Å²) >= 11 is 1.93. The van der Waals surface area contributed by atoms with Crippen LogP contribution in [-0.4, -0.2) is 54.0 Å². The minimum atomic E-state index is 0.175. The predicted octanol–water partition coefficient (Wildman–Crippen LogP) is 1.64. The van der Waals surface area contributed by atoms with Gasteiger partial charge in [0.15, 0.2) is 0 Å². The van der Waals surface area contributed by atoms with E-state index in [1.165, 1.54) is 11.1 Å². The average Bonchev–Trinajstić information content (AvgIpc) is 2.60. The normalized spacial score (nSPS) is 23.1. The molecule has 2 unspecified atom stereocenters. The molecule has 2 atom stereocenters. The number of carbonyl (C=O) groups is 1. The van der Waals surface area contributed by atoms with E-state index in [0.717, 1.165) is 44.1 Å². The summed E-state index contributed by atoms with van der Waals surface area (Å²) in [7, 11) is 0. The second-order valence-electron chi connectivity index (χ2n) is 6.57. The Labute approximate surface area is 143 Å². The van der Waals surface area contributed by atoms with Crippen molar-refractivity contribution >= 4 is 17.7 Å². The van der Waals surface area contributed by atoms with Gasteiger partial charge < -0.3 is 10.6 Å². The highest BCUT2D eigenvalue weighted by Crippen LogP contribution is 2.20. The van der Waals surface area contributed by atoms with E-state index in [-0.39, 0.29) is 5.91 Å². The van der Waals surface area contributed by atoms with Crippen LogP contribution in [0.15, 0.2) is 24.3 Å². The third-order valence-electron chi connectivity index (χ3n) is 4.81. The summed E-state index contributed by atoms with van der Waals surface area (Å²) in [5.74, 6) is 2.38. The van der Waals surface area contributed by atoms with Gasteiger partial charge >= 0.3 is 0 Å². The van der Waals surface area contributed by atoms with Crippen molar-refractivity contribution in [2.24, 2.45) is 0 Å². The van der Waals surface area contributed by atoms with E-state index in [4.69, 9.17) is 0 Å². The van der Waals surface area contributed by atoms with Crippen molar-refractivity contribution < 1.29 is 4.79 Å². The Bertz CT molecular complexity index is 531. The predicted molar refractivity (Wildman–Crippen MR) is 96.8 cm³/mol. The second kappa shape index (κ2) is 8.18. The zero-order valence-corrected chi connectivity index (χ0v) is 14.7. The number of fused-ring (bicyclic) bond motifs is 1. The minimum absolute atomic E-state index is 0.175. The molecule has 126 valence electrons. The maximum atomic E-state index is 12.1. The van der Waals surface area contributed by atoms with Gasteiger partial charge in [0.1, 0.15) is 0 Å². The van der Waals surface area contributed by atoms with E-state index in [0.29, 0.717) is 18.5 Å². The summed E-state index contributed by atoms with van der Waals surface area (Å²) in [5.41, 5.74) is 2.90. The fraction of sp³-hybridized carbons (Fsp3) is 0.611. The first kappa shape index (κ1) is 16.8. The van der Waals surface area contributed by atoms with Crippen molar-refractivity contribution in [2.75, 3.05) is 31.1 Å². The SMILES string of the molecule is CC(CNC(=O)CC1CSCCN1)N1CCc2ccccc2C1. The lowest BCUT2D eigenvalue weighted by atomic mass is 9.99. The molecule has 0 aliphatic carbocycles. The van der Waals surface area contributed by atoms with Gasteiger partial charge in [0.2, 0.25) is 5.91 Å². The maximum Gasteiger partial charge on any atom is 0.221 e. The summed E-state index contributed by atoms with van der Waals surface area (Å²) in [5, 5.41) is 6.54. The molecule has 5 heteroatoms. The number of rotatable bonds is 5. The number of carbonyl (C=O) groups excluding carboxylic acids is 1. The van der Waals surface area contributed by atoms with Crippen LogP contribution in [0.3, 0.4) is 0 Å². The maximum absolute atomic E-state index is 12.1. The van der Waals surface area contributed by atoms with Crippen molar-refractivity contribution in [1.82, 2.24) is 15.5 Å². The molecule has 3 rings (SSSR count). The number of hydrogen-bond acceptors (Lipinski definition) is 4. The average molecular weight is 334 g/mol. The highest BCUT2D eigenvalue weighted by Gasteiger charge is 2.21. The van der Waals surface area contributed by atoms with Crippen LogP contribution in [0.2, 0.25) is 0 Å². The van der Waals surface area contributed by atoms with Gasteiger partial charge in [-0.2, -0.15) is 11.8 Å². The number of hydrogen-bond donors (Lipinski definition) is 2. The zero-order chi connectivity index (χ0) is 16.1. The third kappa shape index (κ3) is 4.72. The standard InChI is InChI=1S/C18H27N3OS/c1-14(11-20-18(22)10-17-13-23-9-7-19-17)21-8-6-15-4-2-3-5-16(15)12-21/h2-5,14,17,19H,6-13H2,1H3,(H,20,22). The number of benzene rings is 1. The first-order valence-electron chi connectivity index (χ1n) is 8.61. The zero-order valence-electron chi connectivity index (χ0n) is 13.9. The minimum Gasteiger partial charge on any atom is -0.354 e. The molecule has 2 aliphatic rings. The molecule has 1 aromatic rings. The van der Waals surface area contributed by atoms with E-state index in [9.17, 15) is 4.79 Å². The van der Waals surface area contributed by atoms with Crippen LogP contribution in [-0.2, 0) is 17.8 Å².